The van der Waals surface area contributed by atoms with Gasteiger partial charge in [-0.25, -0.2) is 9.48 Å². The quantitative estimate of drug-likeness (QED) is 0.535. The Morgan fingerprint density at radius 2 is 1.92 bits per heavy atom. The molecular weight excluding hydrogens is 314 g/mol. The largest absolute Gasteiger partial charge is 0.465 e. The number of rotatable bonds is 3. The van der Waals surface area contributed by atoms with Crippen LogP contribution in [0.25, 0.3) is 27.7 Å². The van der Waals surface area contributed by atoms with Crippen LogP contribution >= 0.6 is 0 Å². The zero-order valence-electron chi connectivity index (χ0n) is 13.6. The lowest BCUT2D eigenvalue weighted by Crippen LogP contribution is -2.00. The maximum Gasteiger partial charge on any atom is 0.337 e. The summed E-state index contributed by atoms with van der Waals surface area (Å²) in [6.07, 6.45) is 5.48. The van der Waals surface area contributed by atoms with Gasteiger partial charge in [0, 0.05) is 17.8 Å². The molecule has 2 aromatic carbocycles. The first kappa shape index (κ1) is 15.1. The Morgan fingerprint density at radius 3 is 2.72 bits per heavy atom. The van der Waals surface area contributed by atoms with E-state index in [1.54, 1.807) is 18.5 Å². The minimum absolute atomic E-state index is 0.340. The summed E-state index contributed by atoms with van der Waals surface area (Å²) in [5.41, 5.74) is 4.32. The number of ether oxygens (including phenoxy) is 1. The predicted octanol–water partition coefficient (Wildman–Crippen LogP) is 3.87. The number of carbonyl (C=O) groups is 1. The fourth-order valence-electron chi connectivity index (χ4n) is 2.77. The molecule has 0 fully saturated rings. The molecule has 0 atom stereocenters. The minimum Gasteiger partial charge on any atom is -0.465 e. The molecule has 0 spiro atoms. The number of hydrogen-bond donors (Lipinski definition) is 0. The van der Waals surface area contributed by atoms with Crippen molar-refractivity contribution in [3.8, 4) is 16.8 Å². The maximum atomic E-state index is 11.7. The molecule has 0 aliphatic rings. The standard InChI is InChI=1S/C20H15N3O2/c1-25-20(24)16-5-2-4-14(10-16)15-7-8-19-17(11-15)13-23(22-19)18-6-3-9-21-12-18/h2-13H,1H3. The summed E-state index contributed by atoms with van der Waals surface area (Å²) >= 11 is 0. The second kappa shape index (κ2) is 6.20. The van der Waals surface area contributed by atoms with Gasteiger partial charge in [0.15, 0.2) is 0 Å². The topological polar surface area (TPSA) is 57.0 Å². The van der Waals surface area contributed by atoms with Crippen molar-refractivity contribution in [1.82, 2.24) is 14.8 Å². The lowest BCUT2D eigenvalue weighted by Gasteiger charge is -2.04. The van der Waals surface area contributed by atoms with Gasteiger partial charge >= 0.3 is 5.97 Å². The van der Waals surface area contributed by atoms with Gasteiger partial charge < -0.3 is 4.74 Å². The average molecular weight is 329 g/mol. The van der Waals surface area contributed by atoms with Gasteiger partial charge in [0.1, 0.15) is 0 Å². The fourth-order valence-corrected chi connectivity index (χ4v) is 2.77. The fraction of sp³-hybridized carbons (Fsp3) is 0.0500. The third-order valence-electron chi connectivity index (χ3n) is 4.03. The van der Waals surface area contributed by atoms with E-state index in [-0.39, 0.29) is 5.97 Å². The van der Waals surface area contributed by atoms with E-state index < -0.39 is 0 Å². The third kappa shape index (κ3) is 2.87. The first-order chi connectivity index (χ1) is 12.2. The summed E-state index contributed by atoms with van der Waals surface area (Å²) < 4.78 is 6.60. The molecular formula is C20H15N3O2. The van der Waals surface area contributed by atoms with E-state index >= 15 is 0 Å². The number of methoxy groups -OCH3 is 1. The molecule has 2 heterocycles. The molecule has 0 saturated heterocycles. The molecule has 0 bridgehead atoms. The summed E-state index contributed by atoms with van der Waals surface area (Å²) in [5, 5.41) is 5.60. The van der Waals surface area contributed by atoms with Crippen molar-refractivity contribution < 1.29 is 9.53 Å². The molecule has 2 aromatic heterocycles. The number of benzene rings is 2. The first-order valence-electron chi connectivity index (χ1n) is 7.83. The van der Waals surface area contributed by atoms with E-state index in [0.717, 1.165) is 27.7 Å². The van der Waals surface area contributed by atoms with Crippen LogP contribution < -0.4 is 0 Å². The molecule has 4 aromatic rings. The van der Waals surface area contributed by atoms with Crippen molar-refractivity contribution in [1.29, 1.82) is 0 Å². The lowest BCUT2D eigenvalue weighted by atomic mass is 10.0. The number of fused-ring (bicyclic) bond motifs is 1. The molecule has 0 amide bonds. The predicted molar refractivity (Wildman–Crippen MR) is 95.6 cm³/mol. The van der Waals surface area contributed by atoms with Gasteiger partial charge in [-0.05, 0) is 47.5 Å². The molecule has 0 aliphatic carbocycles. The van der Waals surface area contributed by atoms with Crippen molar-refractivity contribution in [3.63, 3.8) is 0 Å². The average Bonchev–Trinajstić information content (AvgIpc) is 3.11. The summed E-state index contributed by atoms with van der Waals surface area (Å²) in [5.74, 6) is -0.340. The highest BCUT2D eigenvalue weighted by Gasteiger charge is 2.09. The van der Waals surface area contributed by atoms with Crippen LogP contribution in [0, 0.1) is 0 Å². The van der Waals surface area contributed by atoms with Gasteiger partial charge in [0.2, 0.25) is 0 Å². The lowest BCUT2D eigenvalue weighted by molar-refractivity contribution is 0.0601. The molecule has 0 saturated carbocycles. The van der Waals surface area contributed by atoms with Gasteiger partial charge in [-0.2, -0.15) is 5.10 Å². The van der Waals surface area contributed by atoms with Crippen molar-refractivity contribution in [2.45, 2.75) is 0 Å². The number of nitrogens with zero attached hydrogens (tertiary/aromatic N) is 3. The van der Waals surface area contributed by atoms with Crippen LogP contribution in [0.4, 0.5) is 0 Å². The van der Waals surface area contributed by atoms with Gasteiger partial charge in [0.25, 0.3) is 0 Å². The van der Waals surface area contributed by atoms with Crippen LogP contribution in [0.5, 0.6) is 0 Å². The van der Waals surface area contributed by atoms with E-state index in [2.05, 4.69) is 16.1 Å². The van der Waals surface area contributed by atoms with E-state index in [4.69, 9.17) is 4.74 Å². The molecule has 0 radical (unpaired) electrons. The Bertz CT molecular complexity index is 1050. The summed E-state index contributed by atoms with van der Waals surface area (Å²) in [6.45, 7) is 0. The molecule has 5 nitrogen and oxygen atoms in total. The monoisotopic (exact) mass is 329 g/mol. The molecule has 25 heavy (non-hydrogen) atoms. The van der Waals surface area contributed by atoms with E-state index in [1.807, 2.05) is 53.3 Å². The highest BCUT2D eigenvalue weighted by atomic mass is 16.5. The summed E-state index contributed by atoms with van der Waals surface area (Å²) in [6, 6.07) is 17.3. The number of aromatic nitrogens is 3. The Labute approximate surface area is 144 Å². The highest BCUT2D eigenvalue weighted by Crippen LogP contribution is 2.25. The third-order valence-corrected chi connectivity index (χ3v) is 4.03. The molecule has 4 rings (SSSR count). The number of carbonyl (C=O) groups excluding carboxylic acids is 1. The minimum atomic E-state index is -0.340. The van der Waals surface area contributed by atoms with Crippen LogP contribution in [0.2, 0.25) is 0 Å². The number of hydrogen-bond acceptors (Lipinski definition) is 4. The summed E-state index contributed by atoms with van der Waals surface area (Å²) in [4.78, 5) is 15.9. The van der Waals surface area contributed by atoms with Crippen LogP contribution in [0.15, 0.2) is 73.2 Å². The maximum absolute atomic E-state index is 11.7. The SMILES string of the molecule is COC(=O)c1cccc(-c2ccc3nn(-c4cccnc4)cc3c2)c1. The normalized spacial score (nSPS) is 10.8. The van der Waals surface area contributed by atoms with Crippen molar-refractivity contribution in [3.05, 3.63) is 78.8 Å². The van der Waals surface area contributed by atoms with Crippen molar-refractivity contribution in [2.75, 3.05) is 7.11 Å². The second-order valence-electron chi connectivity index (χ2n) is 5.63. The van der Waals surface area contributed by atoms with Crippen molar-refractivity contribution in [2.24, 2.45) is 0 Å². The van der Waals surface area contributed by atoms with Gasteiger partial charge in [-0.3, -0.25) is 4.98 Å². The van der Waals surface area contributed by atoms with E-state index in [9.17, 15) is 4.79 Å². The smallest absolute Gasteiger partial charge is 0.337 e. The van der Waals surface area contributed by atoms with Crippen LogP contribution in [0.1, 0.15) is 10.4 Å². The second-order valence-corrected chi connectivity index (χ2v) is 5.63. The van der Waals surface area contributed by atoms with Gasteiger partial charge in [-0.15, -0.1) is 0 Å². The Balaban J connectivity index is 1.76. The van der Waals surface area contributed by atoms with Crippen LogP contribution in [0.3, 0.4) is 0 Å². The molecule has 0 unspecified atom stereocenters. The van der Waals surface area contributed by atoms with Crippen LogP contribution in [-0.2, 0) is 4.74 Å². The molecule has 5 heteroatoms. The van der Waals surface area contributed by atoms with Gasteiger partial charge in [-0.1, -0.05) is 18.2 Å². The Morgan fingerprint density at radius 1 is 1.04 bits per heavy atom. The zero-order chi connectivity index (χ0) is 17.2. The number of pyridine rings is 1. The molecule has 0 N–H and O–H groups in total. The summed E-state index contributed by atoms with van der Waals surface area (Å²) in [7, 11) is 1.38. The first-order valence-corrected chi connectivity index (χ1v) is 7.83. The molecule has 122 valence electrons. The molecule has 0 aliphatic heterocycles. The highest BCUT2D eigenvalue weighted by molar-refractivity contribution is 5.92. The van der Waals surface area contributed by atoms with Crippen molar-refractivity contribution >= 4 is 16.9 Å². The van der Waals surface area contributed by atoms with Crippen LogP contribution in [-0.4, -0.2) is 27.8 Å². The van der Waals surface area contributed by atoms with E-state index in [1.165, 1.54) is 7.11 Å². The number of esters is 1. The van der Waals surface area contributed by atoms with E-state index in [0.29, 0.717) is 5.56 Å². The Hall–Kier alpha value is -3.47. The Kier molecular flexibility index (Phi) is 3.74. The van der Waals surface area contributed by atoms with Gasteiger partial charge in [0.05, 0.1) is 30.1 Å². The zero-order valence-corrected chi connectivity index (χ0v) is 13.6.